The predicted octanol–water partition coefficient (Wildman–Crippen LogP) is 3.00. The first-order chi connectivity index (χ1) is 7.61. The molecule has 2 atom stereocenters. The molecule has 0 saturated heterocycles. The molecule has 0 aliphatic heterocycles. The zero-order valence-corrected chi connectivity index (χ0v) is 9.25. The smallest absolute Gasteiger partial charge is 0.387 e. The van der Waals surface area contributed by atoms with Crippen LogP contribution in [-0.4, -0.2) is 13.2 Å². The highest BCUT2D eigenvalue weighted by molar-refractivity contribution is 6.30. The largest absolute Gasteiger partial charge is 0.435 e. The van der Waals surface area contributed by atoms with Crippen molar-refractivity contribution >= 4 is 11.6 Å². The van der Waals surface area contributed by atoms with Gasteiger partial charge < -0.3 is 10.5 Å². The Kier molecular flexibility index (Phi) is 3.30. The lowest BCUT2D eigenvalue weighted by atomic mass is 10.1. The maximum absolute atomic E-state index is 12.2. The molecule has 0 heterocycles. The average molecular weight is 248 g/mol. The zero-order valence-electron chi connectivity index (χ0n) is 8.50. The summed E-state index contributed by atoms with van der Waals surface area (Å²) < 4.78 is 28.8. The minimum atomic E-state index is -2.81. The van der Waals surface area contributed by atoms with Gasteiger partial charge in [0.15, 0.2) is 0 Å². The molecule has 2 N–H and O–H groups in total. The number of ether oxygens (including phenoxy) is 1. The summed E-state index contributed by atoms with van der Waals surface area (Å²) in [6, 6.07) is 4.71. The molecule has 1 aromatic rings. The van der Waals surface area contributed by atoms with Crippen molar-refractivity contribution in [1.82, 2.24) is 0 Å². The van der Waals surface area contributed by atoms with Gasteiger partial charge in [-0.25, -0.2) is 0 Å². The molecular weight excluding hydrogens is 236 g/mol. The SMILES string of the molecule is NC[C@@H]1C[C@H]1c1cc(Cl)ccc1OC(F)F. The predicted molar refractivity (Wildman–Crippen MR) is 58.0 cm³/mol. The molecule has 0 radical (unpaired) electrons. The van der Waals surface area contributed by atoms with E-state index >= 15 is 0 Å². The molecule has 2 nitrogen and oxygen atoms in total. The summed E-state index contributed by atoms with van der Waals surface area (Å²) >= 11 is 5.84. The summed E-state index contributed by atoms with van der Waals surface area (Å²) in [6.07, 6.45) is 0.913. The summed E-state index contributed by atoms with van der Waals surface area (Å²) in [5, 5.41) is 0.527. The highest BCUT2D eigenvalue weighted by Crippen LogP contribution is 2.50. The Morgan fingerprint density at radius 3 is 2.81 bits per heavy atom. The van der Waals surface area contributed by atoms with Gasteiger partial charge in [-0.05, 0) is 48.6 Å². The van der Waals surface area contributed by atoms with Crippen molar-refractivity contribution in [3.05, 3.63) is 28.8 Å². The van der Waals surface area contributed by atoms with E-state index in [1.165, 1.54) is 6.07 Å². The molecule has 0 unspecified atom stereocenters. The molecule has 1 aliphatic carbocycles. The van der Waals surface area contributed by atoms with Gasteiger partial charge in [-0.15, -0.1) is 0 Å². The Hall–Kier alpha value is -0.870. The van der Waals surface area contributed by atoms with Crippen molar-refractivity contribution < 1.29 is 13.5 Å². The second kappa shape index (κ2) is 4.55. The molecular formula is C11H12ClF2NO. The molecule has 1 saturated carbocycles. The second-order valence-corrected chi connectivity index (χ2v) is 4.34. The topological polar surface area (TPSA) is 35.2 Å². The van der Waals surface area contributed by atoms with Crippen molar-refractivity contribution in [1.29, 1.82) is 0 Å². The van der Waals surface area contributed by atoms with Crippen LogP contribution in [0.2, 0.25) is 5.02 Å². The fraction of sp³-hybridized carbons (Fsp3) is 0.455. The molecule has 0 aromatic heterocycles. The third-order valence-corrected chi connectivity index (χ3v) is 3.05. The molecule has 0 amide bonds. The molecule has 16 heavy (non-hydrogen) atoms. The number of hydrogen-bond donors (Lipinski definition) is 1. The maximum Gasteiger partial charge on any atom is 0.387 e. The van der Waals surface area contributed by atoms with E-state index in [1.54, 1.807) is 12.1 Å². The standard InChI is InChI=1S/C11H12ClF2NO/c12-7-1-2-10(16-11(13)14)9(4-7)8-3-6(8)5-15/h1-2,4,6,8,11H,3,5,15H2/t6-,8+/m0/s1. The second-order valence-electron chi connectivity index (χ2n) is 3.90. The number of alkyl halides is 2. The molecule has 1 aliphatic rings. The lowest BCUT2D eigenvalue weighted by Crippen LogP contribution is -2.06. The van der Waals surface area contributed by atoms with Gasteiger partial charge in [-0.1, -0.05) is 11.6 Å². The van der Waals surface area contributed by atoms with Gasteiger partial charge in [0.05, 0.1) is 0 Å². The van der Waals surface area contributed by atoms with E-state index in [2.05, 4.69) is 4.74 Å². The van der Waals surface area contributed by atoms with Crippen LogP contribution in [0.15, 0.2) is 18.2 Å². The van der Waals surface area contributed by atoms with Crippen LogP contribution in [0.4, 0.5) is 8.78 Å². The van der Waals surface area contributed by atoms with Crippen LogP contribution in [0.3, 0.4) is 0 Å². The van der Waals surface area contributed by atoms with E-state index in [-0.39, 0.29) is 11.7 Å². The van der Waals surface area contributed by atoms with Gasteiger partial charge in [0, 0.05) is 5.02 Å². The van der Waals surface area contributed by atoms with Crippen LogP contribution in [-0.2, 0) is 0 Å². The van der Waals surface area contributed by atoms with Gasteiger partial charge in [-0.2, -0.15) is 8.78 Å². The fourth-order valence-electron chi connectivity index (χ4n) is 1.90. The van der Waals surface area contributed by atoms with Gasteiger partial charge in [0.2, 0.25) is 0 Å². The minimum absolute atomic E-state index is 0.206. The van der Waals surface area contributed by atoms with Gasteiger partial charge in [-0.3, -0.25) is 0 Å². The monoisotopic (exact) mass is 247 g/mol. The molecule has 0 bridgehead atoms. The van der Waals surface area contributed by atoms with E-state index in [1.807, 2.05) is 0 Å². The lowest BCUT2D eigenvalue weighted by Gasteiger charge is -2.10. The Morgan fingerprint density at radius 1 is 1.50 bits per heavy atom. The summed E-state index contributed by atoms with van der Waals surface area (Å²) in [5.74, 6) is 0.774. The van der Waals surface area contributed by atoms with E-state index in [0.717, 1.165) is 12.0 Å². The summed E-state index contributed by atoms with van der Waals surface area (Å²) in [4.78, 5) is 0. The molecule has 5 heteroatoms. The fourth-order valence-corrected chi connectivity index (χ4v) is 2.08. The van der Waals surface area contributed by atoms with Crippen LogP contribution in [0.1, 0.15) is 17.9 Å². The van der Waals surface area contributed by atoms with Gasteiger partial charge in [0.1, 0.15) is 5.75 Å². The van der Waals surface area contributed by atoms with Crippen LogP contribution in [0.5, 0.6) is 5.75 Å². The summed E-state index contributed by atoms with van der Waals surface area (Å²) in [6.45, 7) is -2.25. The highest BCUT2D eigenvalue weighted by atomic mass is 35.5. The molecule has 1 aromatic carbocycles. The normalized spacial score (nSPS) is 23.6. The van der Waals surface area contributed by atoms with Crippen molar-refractivity contribution in [3.63, 3.8) is 0 Å². The molecule has 0 spiro atoms. The van der Waals surface area contributed by atoms with Crippen molar-refractivity contribution in [3.8, 4) is 5.75 Å². The molecule has 88 valence electrons. The molecule has 1 fully saturated rings. The average Bonchev–Trinajstić information content (AvgIpc) is 2.99. The first-order valence-electron chi connectivity index (χ1n) is 5.06. The first-order valence-corrected chi connectivity index (χ1v) is 5.44. The highest BCUT2D eigenvalue weighted by Gasteiger charge is 2.39. The maximum atomic E-state index is 12.2. The van der Waals surface area contributed by atoms with Gasteiger partial charge in [0.25, 0.3) is 0 Å². The Balaban J connectivity index is 2.23. The van der Waals surface area contributed by atoms with Crippen LogP contribution >= 0.6 is 11.6 Å². The number of rotatable bonds is 4. The first kappa shape index (κ1) is 11.6. The summed E-state index contributed by atoms with van der Waals surface area (Å²) in [5.41, 5.74) is 6.27. The van der Waals surface area contributed by atoms with Crippen LogP contribution < -0.4 is 10.5 Å². The Bertz CT molecular complexity index is 386. The Labute approximate surface area is 97.3 Å². The van der Waals surface area contributed by atoms with Crippen molar-refractivity contribution in [2.24, 2.45) is 11.7 Å². The van der Waals surface area contributed by atoms with Crippen molar-refractivity contribution in [2.45, 2.75) is 19.0 Å². The van der Waals surface area contributed by atoms with E-state index < -0.39 is 6.61 Å². The summed E-state index contributed by atoms with van der Waals surface area (Å²) in [7, 11) is 0. The number of halogens is 3. The molecule has 2 rings (SSSR count). The van der Waals surface area contributed by atoms with Crippen LogP contribution in [0, 0.1) is 5.92 Å². The van der Waals surface area contributed by atoms with E-state index in [0.29, 0.717) is 17.5 Å². The number of benzene rings is 1. The van der Waals surface area contributed by atoms with E-state index in [9.17, 15) is 8.78 Å². The minimum Gasteiger partial charge on any atom is -0.435 e. The van der Waals surface area contributed by atoms with Gasteiger partial charge >= 0.3 is 6.61 Å². The third kappa shape index (κ3) is 2.44. The number of nitrogens with two attached hydrogens (primary N) is 1. The van der Waals surface area contributed by atoms with E-state index in [4.69, 9.17) is 17.3 Å². The quantitative estimate of drug-likeness (QED) is 0.888. The van der Waals surface area contributed by atoms with Crippen molar-refractivity contribution in [2.75, 3.05) is 6.54 Å². The Morgan fingerprint density at radius 2 is 2.25 bits per heavy atom. The lowest BCUT2D eigenvalue weighted by molar-refractivity contribution is -0.0504. The van der Waals surface area contributed by atoms with Crippen LogP contribution in [0.25, 0.3) is 0 Å². The number of hydrogen-bond acceptors (Lipinski definition) is 2. The third-order valence-electron chi connectivity index (χ3n) is 2.81. The zero-order chi connectivity index (χ0) is 11.7.